The maximum Gasteiger partial charge on any atom is 0.269 e. The number of amides is 2. The Kier molecular flexibility index (Phi) is 3.38. The molecule has 0 radical (unpaired) electrons. The molecule has 0 unspecified atom stereocenters. The number of hydrogen-bond donors (Lipinski definition) is 2. The van der Waals surface area contributed by atoms with Gasteiger partial charge in [-0.3, -0.25) is 20.4 Å². The van der Waals surface area contributed by atoms with E-state index in [-0.39, 0.29) is 11.7 Å². The number of nitrogens with one attached hydrogen (secondary N) is 2. The number of halogens is 1. The summed E-state index contributed by atoms with van der Waals surface area (Å²) in [7, 11) is 0. The Balaban J connectivity index is 2.74. The third kappa shape index (κ3) is 3.05. The Morgan fingerprint density at radius 1 is 1.27 bits per heavy atom. The number of benzene rings is 1. The van der Waals surface area contributed by atoms with Gasteiger partial charge in [0.25, 0.3) is 5.91 Å². The Morgan fingerprint density at radius 2 is 1.93 bits per heavy atom. The Morgan fingerprint density at radius 3 is 2.47 bits per heavy atom. The van der Waals surface area contributed by atoms with Crippen LogP contribution >= 0.6 is 0 Å². The fourth-order valence-corrected chi connectivity index (χ4v) is 1.00. The maximum absolute atomic E-state index is 12.9. The van der Waals surface area contributed by atoms with E-state index in [9.17, 15) is 14.0 Å². The summed E-state index contributed by atoms with van der Waals surface area (Å²) in [5, 5.41) is 0. The van der Waals surface area contributed by atoms with E-state index in [4.69, 9.17) is 0 Å². The zero-order valence-electron chi connectivity index (χ0n) is 8.43. The van der Waals surface area contributed by atoms with Crippen molar-refractivity contribution >= 4 is 11.8 Å². The molecule has 0 bridgehead atoms. The van der Waals surface area contributed by atoms with Gasteiger partial charge in [-0.15, -0.1) is 0 Å². The third-order valence-corrected chi connectivity index (χ3v) is 1.77. The smallest absolute Gasteiger partial charge is 0.269 e. The molecule has 4 nitrogen and oxygen atoms in total. The molecule has 0 saturated heterocycles. The average molecular weight is 210 g/mol. The van der Waals surface area contributed by atoms with Gasteiger partial charge in [0.1, 0.15) is 5.82 Å². The van der Waals surface area contributed by atoms with Crippen LogP contribution in [0.25, 0.3) is 0 Å². The molecule has 0 aliphatic heterocycles. The highest BCUT2D eigenvalue weighted by Crippen LogP contribution is 2.08. The van der Waals surface area contributed by atoms with Gasteiger partial charge in [0.2, 0.25) is 5.91 Å². The molecule has 0 saturated carbocycles. The molecule has 15 heavy (non-hydrogen) atoms. The number of hydrogen-bond acceptors (Lipinski definition) is 2. The van der Waals surface area contributed by atoms with E-state index in [0.717, 1.165) is 0 Å². The highest BCUT2D eigenvalue weighted by molar-refractivity contribution is 5.95. The van der Waals surface area contributed by atoms with Gasteiger partial charge in [-0.05, 0) is 30.7 Å². The van der Waals surface area contributed by atoms with Gasteiger partial charge < -0.3 is 0 Å². The van der Waals surface area contributed by atoms with Crippen molar-refractivity contribution in [2.75, 3.05) is 0 Å². The monoisotopic (exact) mass is 210 g/mol. The lowest BCUT2D eigenvalue weighted by atomic mass is 10.1. The molecule has 0 heterocycles. The largest absolute Gasteiger partial charge is 0.274 e. The quantitative estimate of drug-likeness (QED) is 0.677. The molecule has 2 N–H and O–H groups in total. The van der Waals surface area contributed by atoms with Gasteiger partial charge in [-0.25, -0.2) is 4.39 Å². The number of aryl methyl sites for hydroxylation is 1. The van der Waals surface area contributed by atoms with Crippen LogP contribution in [-0.4, -0.2) is 11.8 Å². The van der Waals surface area contributed by atoms with E-state index in [2.05, 4.69) is 10.9 Å². The minimum absolute atomic E-state index is 0.294. The first-order valence-corrected chi connectivity index (χ1v) is 4.34. The standard InChI is InChI=1S/C10H11FN2O2/c1-6-5-8(3-4-9(6)11)10(15)13-12-7(2)14/h3-5H,1-2H3,(H,12,14)(H,13,15). The molecule has 0 aliphatic carbocycles. The molecule has 5 heteroatoms. The molecular weight excluding hydrogens is 199 g/mol. The highest BCUT2D eigenvalue weighted by Gasteiger charge is 2.07. The molecule has 0 atom stereocenters. The Hall–Kier alpha value is -1.91. The van der Waals surface area contributed by atoms with Gasteiger partial charge in [-0.1, -0.05) is 0 Å². The predicted octanol–water partition coefficient (Wildman–Crippen LogP) is 0.915. The fraction of sp³-hybridized carbons (Fsp3) is 0.200. The van der Waals surface area contributed by atoms with E-state index in [1.54, 1.807) is 6.92 Å². The van der Waals surface area contributed by atoms with E-state index in [1.165, 1.54) is 25.1 Å². The first kappa shape index (κ1) is 11.2. The normalized spacial score (nSPS) is 9.53. The van der Waals surface area contributed by atoms with Crippen LogP contribution in [0.2, 0.25) is 0 Å². The molecule has 2 amide bonds. The van der Waals surface area contributed by atoms with Crippen molar-refractivity contribution in [2.45, 2.75) is 13.8 Å². The van der Waals surface area contributed by atoms with Crippen molar-refractivity contribution in [1.82, 2.24) is 10.9 Å². The highest BCUT2D eigenvalue weighted by atomic mass is 19.1. The summed E-state index contributed by atoms with van der Waals surface area (Å²) in [5.41, 5.74) is 5.00. The van der Waals surface area contributed by atoms with E-state index in [0.29, 0.717) is 11.1 Å². The van der Waals surface area contributed by atoms with E-state index in [1.807, 2.05) is 0 Å². The zero-order chi connectivity index (χ0) is 11.4. The summed E-state index contributed by atoms with van der Waals surface area (Å²) in [6.45, 7) is 2.83. The van der Waals surface area contributed by atoms with Gasteiger partial charge >= 0.3 is 0 Å². The first-order valence-electron chi connectivity index (χ1n) is 4.34. The fourth-order valence-electron chi connectivity index (χ4n) is 1.00. The average Bonchev–Trinajstić information content (AvgIpc) is 2.18. The van der Waals surface area contributed by atoms with Crippen LogP contribution < -0.4 is 10.9 Å². The second kappa shape index (κ2) is 4.54. The lowest BCUT2D eigenvalue weighted by molar-refractivity contribution is -0.119. The molecule has 0 fully saturated rings. The van der Waals surface area contributed by atoms with Gasteiger partial charge in [0, 0.05) is 12.5 Å². The second-order valence-corrected chi connectivity index (χ2v) is 3.10. The first-order chi connectivity index (χ1) is 7.00. The summed E-state index contributed by atoms with van der Waals surface area (Å²) in [6, 6.07) is 3.96. The third-order valence-electron chi connectivity index (χ3n) is 1.77. The Labute approximate surface area is 86.4 Å². The van der Waals surface area contributed by atoms with Crippen LogP contribution in [0, 0.1) is 12.7 Å². The molecule has 0 spiro atoms. The van der Waals surface area contributed by atoms with Crippen LogP contribution in [0.3, 0.4) is 0 Å². The summed E-state index contributed by atoms with van der Waals surface area (Å²) < 4.78 is 12.9. The van der Waals surface area contributed by atoms with Gasteiger partial charge in [0.05, 0.1) is 0 Å². The van der Waals surface area contributed by atoms with Crippen molar-refractivity contribution in [1.29, 1.82) is 0 Å². The van der Waals surface area contributed by atoms with Crippen molar-refractivity contribution in [2.24, 2.45) is 0 Å². The minimum atomic E-state index is -0.478. The van der Waals surface area contributed by atoms with Crippen LogP contribution in [0.1, 0.15) is 22.8 Å². The molecule has 1 aromatic rings. The molecule has 0 aromatic heterocycles. The SMILES string of the molecule is CC(=O)NNC(=O)c1ccc(F)c(C)c1. The lowest BCUT2D eigenvalue weighted by Gasteiger charge is -2.05. The minimum Gasteiger partial charge on any atom is -0.274 e. The summed E-state index contributed by atoms with van der Waals surface area (Å²) in [4.78, 5) is 21.9. The molecule has 0 aliphatic rings. The molecule has 1 aromatic carbocycles. The lowest BCUT2D eigenvalue weighted by Crippen LogP contribution is -2.40. The van der Waals surface area contributed by atoms with Gasteiger partial charge in [0.15, 0.2) is 0 Å². The van der Waals surface area contributed by atoms with Crippen molar-refractivity contribution < 1.29 is 14.0 Å². The van der Waals surface area contributed by atoms with Crippen LogP contribution in [0.5, 0.6) is 0 Å². The number of rotatable bonds is 1. The number of carbonyl (C=O) groups excluding carboxylic acids is 2. The number of hydrazine groups is 1. The summed E-state index contributed by atoms with van der Waals surface area (Å²) in [5.74, 6) is -1.22. The number of carbonyl (C=O) groups is 2. The zero-order valence-corrected chi connectivity index (χ0v) is 8.43. The molecule has 80 valence electrons. The van der Waals surface area contributed by atoms with Crippen molar-refractivity contribution in [3.63, 3.8) is 0 Å². The maximum atomic E-state index is 12.9. The predicted molar refractivity (Wildman–Crippen MR) is 52.4 cm³/mol. The topological polar surface area (TPSA) is 58.2 Å². The second-order valence-electron chi connectivity index (χ2n) is 3.10. The molecule has 1 rings (SSSR count). The summed E-state index contributed by atoms with van der Waals surface area (Å²) >= 11 is 0. The van der Waals surface area contributed by atoms with Crippen molar-refractivity contribution in [3.05, 3.63) is 35.1 Å². The molecular formula is C10H11FN2O2. The van der Waals surface area contributed by atoms with Crippen LogP contribution in [0.15, 0.2) is 18.2 Å². The van der Waals surface area contributed by atoms with Crippen LogP contribution in [-0.2, 0) is 4.79 Å². The van der Waals surface area contributed by atoms with Crippen LogP contribution in [0.4, 0.5) is 4.39 Å². The van der Waals surface area contributed by atoms with Gasteiger partial charge in [-0.2, -0.15) is 0 Å². The van der Waals surface area contributed by atoms with Crippen molar-refractivity contribution in [3.8, 4) is 0 Å². The Bertz CT molecular complexity index is 404. The van der Waals surface area contributed by atoms with E-state index < -0.39 is 5.91 Å². The van der Waals surface area contributed by atoms with E-state index >= 15 is 0 Å². The summed E-state index contributed by atoms with van der Waals surface area (Å²) in [6.07, 6.45) is 0.